The fourth-order valence-corrected chi connectivity index (χ4v) is 2.51. The molecule has 1 saturated carbocycles. The molecule has 1 aliphatic carbocycles. The maximum atomic E-state index is 12.4. The monoisotopic (exact) mass is 351 g/mol. The van der Waals surface area contributed by atoms with Gasteiger partial charge in [0.2, 0.25) is 0 Å². The Morgan fingerprint density at radius 2 is 1.58 bits per heavy atom. The summed E-state index contributed by atoms with van der Waals surface area (Å²) in [6.07, 6.45) is 2.52. The zero-order valence-corrected chi connectivity index (χ0v) is 14.3. The van der Waals surface area contributed by atoms with Crippen LogP contribution in [0, 0.1) is 0 Å². The third-order valence-corrected chi connectivity index (χ3v) is 4.08. The Balaban J connectivity index is 1.57. The van der Waals surface area contributed by atoms with Gasteiger partial charge in [0.15, 0.2) is 0 Å². The van der Waals surface area contributed by atoms with Crippen LogP contribution in [0.2, 0.25) is 0 Å². The molecular formula is C20H21N3O3. The fraction of sp³-hybridized carbons (Fsp3) is 0.250. The SMILES string of the molecule is O=C(Nc1ccccc1C(=O)NCCc1ccccc1)C(=O)NC1CC1. The van der Waals surface area contributed by atoms with Gasteiger partial charge < -0.3 is 16.0 Å². The standard InChI is InChI=1S/C20H21N3O3/c24-18(21-13-12-14-6-2-1-3-7-14)16-8-4-5-9-17(16)23-20(26)19(25)22-15-10-11-15/h1-9,15H,10-13H2,(H,21,24)(H,22,25)(H,23,26). The molecule has 0 unspecified atom stereocenters. The van der Waals surface area contributed by atoms with E-state index in [4.69, 9.17) is 0 Å². The summed E-state index contributed by atoms with van der Waals surface area (Å²) in [6.45, 7) is 0.479. The van der Waals surface area contributed by atoms with Gasteiger partial charge in [-0.2, -0.15) is 0 Å². The number of carbonyl (C=O) groups excluding carboxylic acids is 3. The minimum absolute atomic E-state index is 0.102. The van der Waals surface area contributed by atoms with E-state index in [1.54, 1.807) is 24.3 Å². The molecule has 0 spiro atoms. The van der Waals surface area contributed by atoms with E-state index in [0.29, 0.717) is 24.2 Å². The van der Waals surface area contributed by atoms with Gasteiger partial charge in [0.05, 0.1) is 11.3 Å². The first-order chi connectivity index (χ1) is 12.6. The average Bonchev–Trinajstić information content (AvgIpc) is 3.47. The maximum Gasteiger partial charge on any atom is 0.313 e. The van der Waals surface area contributed by atoms with Crippen LogP contribution in [0.3, 0.4) is 0 Å². The predicted octanol–water partition coefficient (Wildman–Crippen LogP) is 1.88. The molecule has 0 heterocycles. The van der Waals surface area contributed by atoms with Gasteiger partial charge in [0.1, 0.15) is 0 Å². The van der Waals surface area contributed by atoms with E-state index in [1.165, 1.54) is 0 Å². The van der Waals surface area contributed by atoms with Gasteiger partial charge in [-0.05, 0) is 37.0 Å². The van der Waals surface area contributed by atoms with Crippen molar-refractivity contribution in [1.82, 2.24) is 10.6 Å². The molecular weight excluding hydrogens is 330 g/mol. The summed E-state index contributed by atoms with van der Waals surface area (Å²) in [7, 11) is 0. The Morgan fingerprint density at radius 3 is 2.31 bits per heavy atom. The summed E-state index contributed by atoms with van der Waals surface area (Å²) in [5, 5.41) is 7.99. The Bertz CT molecular complexity index is 801. The van der Waals surface area contributed by atoms with Gasteiger partial charge in [0, 0.05) is 12.6 Å². The summed E-state index contributed by atoms with van der Waals surface area (Å²) < 4.78 is 0. The molecule has 2 aromatic carbocycles. The molecule has 1 aliphatic rings. The van der Waals surface area contributed by atoms with E-state index in [-0.39, 0.29) is 11.9 Å². The van der Waals surface area contributed by atoms with Gasteiger partial charge in [-0.1, -0.05) is 42.5 Å². The van der Waals surface area contributed by atoms with E-state index in [1.807, 2.05) is 30.3 Å². The zero-order valence-electron chi connectivity index (χ0n) is 14.3. The summed E-state index contributed by atoms with van der Waals surface area (Å²) in [5.41, 5.74) is 1.78. The second-order valence-electron chi connectivity index (χ2n) is 6.24. The van der Waals surface area contributed by atoms with E-state index in [0.717, 1.165) is 18.4 Å². The smallest absolute Gasteiger partial charge is 0.313 e. The van der Waals surface area contributed by atoms with Crippen LogP contribution in [0.25, 0.3) is 0 Å². The molecule has 0 atom stereocenters. The first-order valence-electron chi connectivity index (χ1n) is 8.66. The van der Waals surface area contributed by atoms with Crippen LogP contribution in [0.15, 0.2) is 54.6 Å². The Labute approximate surface area is 152 Å². The minimum atomic E-state index is -0.763. The lowest BCUT2D eigenvalue weighted by Crippen LogP contribution is -2.37. The van der Waals surface area contributed by atoms with Crippen molar-refractivity contribution in [3.8, 4) is 0 Å². The van der Waals surface area contributed by atoms with E-state index >= 15 is 0 Å². The lowest BCUT2D eigenvalue weighted by molar-refractivity contribution is -0.136. The molecule has 6 heteroatoms. The molecule has 1 fully saturated rings. The molecule has 0 bridgehead atoms. The number of para-hydroxylation sites is 1. The summed E-state index contributed by atoms with van der Waals surface area (Å²) >= 11 is 0. The lowest BCUT2D eigenvalue weighted by Gasteiger charge is -2.11. The van der Waals surface area contributed by atoms with Crippen LogP contribution in [0.4, 0.5) is 5.69 Å². The second-order valence-corrected chi connectivity index (χ2v) is 6.24. The Hall–Kier alpha value is -3.15. The van der Waals surface area contributed by atoms with E-state index in [9.17, 15) is 14.4 Å². The second kappa shape index (κ2) is 8.29. The van der Waals surface area contributed by atoms with Crippen LogP contribution in [-0.4, -0.2) is 30.3 Å². The van der Waals surface area contributed by atoms with Crippen molar-refractivity contribution >= 4 is 23.4 Å². The third kappa shape index (κ3) is 4.92. The van der Waals surface area contributed by atoms with Gasteiger partial charge >= 0.3 is 11.8 Å². The number of hydrogen-bond acceptors (Lipinski definition) is 3. The Morgan fingerprint density at radius 1 is 0.885 bits per heavy atom. The lowest BCUT2D eigenvalue weighted by atomic mass is 10.1. The highest BCUT2D eigenvalue weighted by atomic mass is 16.2. The number of nitrogens with one attached hydrogen (secondary N) is 3. The molecule has 0 radical (unpaired) electrons. The van der Waals surface area contributed by atoms with Crippen LogP contribution in [0.1, 0.15) is 28.8 Å². The average molecular weight is 351 g/mol. The van der Waals surface area contributed by atoms with Crippen LogP contribution < -0.4 is 16.0 Å². The fourth-order valence-electron chi connectivity index (χ4n) is 2.51. The quantitative estimate of drug-likeness (QED) is 0.695. The van der Waals surface area contributed by atoms with Crippen molar-refractivity contribution in [3.05, 3.63) is 65.7 Å². The molecule has 6 nitrogen and oxygen atoms in total. The molecule has 3 rings (SSSR count). The van der Waals surface area contributed by atoms with Crippen molar-refractivity contribution < 1.29 is 14.4 Å². The first kappa shape index (κ1) is 17.7. The van der Waals surface area contributed by atoms with Crippen LogP contribution in [0.5, 0.6) is 0 Å². The number of hydrogen-bond donors (Lipinski definition) is 3. The van der Waals surface area contributed by atoms with Crippen molar-refractivity contribution in [2.75, 3.05) is 11.9 Å². The molecule has 0 saturated heterocycles. The topological polar surface area (TPSA) is 87.3 Å². The highest BCUT2D eigenvalue weighted by Crippen LogP contribution is 2.19. The third-order valence-electron chi connectivity index (χ3n) is 4.08. The predicted molar refractivity (Wildman–Crippen MR) is 98.7 cm³/mol. The van der Waals surface area contributed by atoms with Crippen molar-refractivity contribution in [3.63, 3.8) is 0 Å². The molecule has 0 aliphatic heterocycles. The zero-order chi connectivity index (χ0) is 18.4. The minimum Gasteiger partial charge on any atom is -0.352 e. The first-order valence-corrected chi connectivity index (χ1v) is 8.66. The van der Waals surface area contributed by atoms with Gasteiger partial charge in [0.25, 0.3) is 5.91 Å². The van der Waals surface area contributed by atoms with Crippen molar-refractivity contribution in [2.24, 2.45) is 0 Å². The highest BCUT2D eigenvalue weighted by molar-refractivity contribution is 6.40. The maximum absolute atomic E-state index is 12.4. The van der Waals surface area contributed by atoms with E-state index < -0.39 is 11.8 Å². The molecule has 134 valence electrons. The number of rotatable bonds is 6. The molecule has 3 amide bonds. The van der Waals surface area contributed by atoms with Crippen LogP contribution >= 0.6 is 0 Å². The molecule has 3 N–H and O–H groups in total. The largest absolute Gasteiger partial charge is 0.352 e. The number of carbonyl (C=O) groups is 3. The van der Waals surface area contributed by atoms with Crippen LogP contribution in [-0.2, 0) is 16.0 Å². The van der Waals surface area contributed by atoms with Crippen molar-refractivity contribution in [1.29, 1.82) is 0 Å². The summed E-state index contributed by atoms with van der Waals surface area (Å²) in [6, 6.07) is 16.6. The van der Waals surface area contributed by atoms with E-state index in [2.05, 4.69) is 16.0 Å². The number of anilines is 1. The van der Waals surface area contributed by atoms with Gasteiger partial charge in [-0.25, -0.2) is 0 Å². The Kier molecular flexibility index (Phi) is 5.63. The van der Waals surface area contributed by atoms with Gasteiger partial charge in [-0.3, -0.25) is 14.4 Å². The number of amides is 3. The highest BCUT2D eigenvalue weighted by Gasteiger charge is 2.26. The normalized spacial score (nSPS) is 12.9. The molecule has 2 aromatic rings. The summed E-state index contributed by atoms with van der Waals surface area (Å²) in [4.78, 5) is 36.2. The van der Waals surface area contributed by atoms with Crippen molar-refractivity contribution in [2.45, 2.75) is 25.3 Å². The summed E-state index contributed by atoms with van der Waals surface area (Å²) in [5.74, 6) is -1.73. The van der Waals surface area contributed by atoms with Gasteiger partial charge in [-0.15, -0.1) is 0 Å². The molecule has 26 heavy (non-hydrogen) atoms. The molecule has 0 aromatic heterocycles. The number of benzene rings is 2.